The zero-order valence-corrected chi connectivity index (χ0v) is 11.8. The highest BCUT2D eigenvalue weighted by Crippen LogP contribution is 2.54. The maximum Gasteiger partial charge on any atom is 0.242 e. The summed E-state index contributed by atoms with van der Waals surface area (Å²) in [6.07, 6.45) is 7.49. The number of carbonyl (C=O) groups is 1. The van der Waals surface area contributed by atoms with Crippen LogP contribution in [-0.2, 0) is 16.1 Å². The van der Waals surface area contributed by atoms with Gasteiger partial charge in [0, 0.05) is 18.1 Å². The average Bonchev–Trinajstić information content (AvgIpc) is 3.09. The summed E-state index contributed by atoms with van der Waals surface area (Å²) in [6, 6.07) is 0.241. The third-order valence-corrected chi connectivity index (χ3v) is 4.72. The van der Waals surface area contributed by atoms with Crippen LogP contribution in [0.15, 0.2) is 6.33 Å². The van der Waals surface area contributed by atoms with E-state index >= 15 is 0 Å². The van der Waals surface area contributed by atoms with Crippen molar-refractivity contribution in [1.29, 1.82) is 0 Å². The van der Waals surface area contributed by atoms with E-state index in [0.29, 0.717) is 6.10 Å². The third kappa shape index (κ3) is 2.30. The van der Waals surface area contributed by atoms with Gasteiger partial charge in [0.25, 0.3) is 0 Å². The van der Waals surface area contributed by atoms with Crippen LogP contribution in [0.1, 0.15) is 39.0 Å². The van der Waals surface area contributed by atoms with Crippen LogP contribution in [0, 0.1) is 5.41 Å². The maximum absolute atomic E-state index is 12.0. The number of aromatic nitrogens is 4. The highest BCUT2D eigenvalue weighted by Gasteiger charge is 2.57. The molecule has 1 aromatic heterocycles. The Bertz CT molecular complexity index is 455. The Morgan fingerprint density at radius 2 is 2.30 bits per heavy atom. The second-order valence-corrected chi connectivity index (χ2v) is 5.75. The first kappa shape index (κ1) is 13.5. The number of rotatable bonds is 5. The number of nitrogens with one attached hydrogen (secondary N) is 1. The highest BCUT2D eigenvalue weighted by atomic mass is 16.5. The molecule has 110 valence electrons. The molecule has 0 saturated heterocycles. The molecule has 0 radical (unpaired) electrons. The predicted octanol–water partition coefficient (Wildman–Crippen LogP) is 0.527. The van der Waals surface area contributed by atoms with Crippen LogP contribution in [0.3, 0.4) is 0 Å². The van der Waals surface area contributed by atoms with E-state index < -0.39 is 0 Å². The van der Waals surface area contributed by atoms with Crippen LogP contribution in [-0.4, -0.2) is 44.9 Å². The standard InChI is InChI=1S/C13H21N5O2/c1-2-20-11-7-10(13(11)5-3-4-6-13)15-12(19)8-18-9-14-16-17-18/h9-11H,2-8H2,1H3,(H,15,19)/t10-,11+/m0/s1. The maximum atomic E-state index is 12.0. The van der Waals surface area contributed by atoms with Gasteiger partial charge in [-0.3, -0.25) is 4.79 Å². The highest BCUT2D eigenvalue weighted by molar-refractivity contribution is 5.76. The lowest BCUT2D eigenvalue weighted by Crippen LogP contribution is -2.64. The minimum atomic E-state index is -0.0245. The van der Waals surface area contributed by atoms with Gasteiger partial charge in [0.15, 0.2) is 0 Å². The molecule has 7 nitrogen and oxygen atoms in total. The smallest absolute Gasteiger partial charge is 0.242 e. The molecule has 2 aliphatic carbocycles. The van der Waals surface area contributed by atoms with Gasteiger partial charge >= 0.3 is 0 Å². The summed E-state index contributed by atoms with van der Waals surface area (Å²) in [5.41, 5.74) is 0.173. The van der Waals surface area contributed by atoms with Crippen LogP contribution in [0.5, 0.6) is 0 Å². The summed E-state index contributed by atoms with van der Waals surface area (Å²) in [5.74, 6) is -0.0245. The summed E-state index contributed by atoms with van der Waals surface area (Å²) in [5, 5.41) is 13.9. The molecule has 2 atom stereocenters. The van der Waals surface area contributed by atoms with Crippen molar-refractivity contribution in [2.75, 3.05) is 6.61 Å². The first-order valence-corrected chi connectivity index (χ1v) is 7.36. The van der Waals surface area contributed by atoms with E-state index in [0.717, 1.165) is 25.9 Å². The quantitative estimate of drug-likeness (QED) is 0.850. The summed E-state index contributed by atoms with van der Waals surface area (Å²) in [7, 11) is 0. The minimum Gasteiger partial charge on any atom is -0.378 e. The van der Waals surface area contributed by atoms with Gasteiger partial charge < -0.3 is 10.1 Å². The van der Waals surface area contributed by atoms with Gasteiger partial charge in [-0.25, -0.2) is 4.68 Å². The second kappa shape index (κ2) is 5.47. The number of nitrogens with zero attached hydrogens (tertiary/aromatic N) is 4. The van der Waals surface area contributed by atoms with Gasteiger partial charge in [0.2, 0.25) is 5.91 Å². The van der Waals surface area contributed by atoms with Crippen molar-refractivity contribution < 1.29 is 9.53 Å². The minimum absolute atomic E-state index is 0.0245. The Morgan fingerprint density at radius 3 is 2.95 bits per heavy atom. The van der Waals surface area contributed by atoms with Gasteiger partial charge in [0.05, 0.1) is 6.10 Å². The van der Waals surface area contributed by atoms with E-state index in [4.69, 9.17) is 4.74 Å². The van der Waals surface area contributed by atoms with E-state index in [1.807, 2.05) is 6.92 Å². The Kier molecular flexibility index (Phi) is 3.69. The summed E-state index contributed by atoms with van der Waals surface area (Å²) >= 11 is 0. The molecular formula is C13H21N5O2. The van der Waals surface area contributed by atoms with Crippen LogP contribution in [0.25, 0.3) is 0 Å². The molecular weight excluding hydrogens is 258 g/mol. The predicted molar refractivity (Wildman–Crippen MR) is 70.7 cm³/mol. The summed E-state index contributed by atoms with van der Waals surface area (Å²) in [6.45, 7) is 2.96. The zero-order valence-electron chi connectivity index (χ0n) is 11.8. The molecule has 1 N–H and O–H groups in total. The van der Waals surface area contributed by atoms with Crippen molar-refractivity contribution in [3.63, 3.8) is 0 Å². The molecule has 20 heavy (non-hydrogen) atoms. The molecule has 1 amide bonds. The van der Waals surface area contributed by atoms with Crippen molar-refractivity contribution >= 4 is 5.91 Å². The van der Waals surface area contributed by atoms with Gasteiger partial charge in [-0.2, -0.15) is 0 Å². The van der Waals surface area contributed by atoms with Crippen LogP contribution in [0.4, 0.5) is 0 Å². The van der Waals surface area contributed by atoms with E-state index in [1.165, 1.54) is 23.9 Å². The molecule has 0 aromatic carbocycles. The second-order valence-electron chi connectivity index (χ2n) is 5.75. The molecule has 0 aliphatic heterocycles. The van der Waals surface area contributed by atoms with Crippen LogP contribution >= 0.6 is 0 Å². The lowest BCUT2D eigenvalue weighted by atomic mass is 9.60. The number of hydrogen-bond donors (Lipinski definition) is 1. The fourth-order valence-electron chi connectivity index (χ4n) is 3.73. The fraction of sp³-hybridized carbons (Fsp3) is 0.846. The topological polar surface area (TPSA) is 81.9 Å². The Morgan fingerprint density at radius 1 is 1.50 bits per heavy atom. The van der Waals surface area contributed by atoms with Gasteiger partial charge in [-0.15, -0.1) is 5.10 Å². The van der Waals surface area contributed by atoms with Crippen molar-refractivity contribution in [3.8, 4) is 0 Å². The molecule has 2 saturated carbocycles. The Balaban J connectivity index is 1.59. The van der Waals surface area contributed by atoms with Crippen LogP contribution < -0.4 is 5.32 Å². The van der Waals surface area contributed by atoms with E-state index in [1.54, 1.807) is 0 Å². The van der Waals surface area contributed by atoms with Gasteiger partial charge in [0.1, 0.15) is 12.9 Å². The van der Waals surface area contributed by atoms with E-state index in [2.05, 4.69) is 20.8 Å². The first-order valence-electron chi connectivity index (χ1n) is 7.36. The lowest BCUT2D eigenvalue weighted by molar-refractivity contribution is -0.144. The summed E-state index contributed by atoms with van der Waals surface area (Å²) in [4.78, 5) is 12.0. The molecule has 2 aliphatic rings. The van der Waals surface area contributed by atoms with Crippen molar-refractivity contribution in [3.05, 3.63) is 6.33 Å². The van der Waals surface area contributed by atoms with Crippen molar-refractivity contribution in [2.24, 2.45) is 5.41 Å². The number of tetrazole rings is 1. The third-order valence-electron chi connectivity index (χ3n) is 4.72. The summed E-state index contributed by atoms with van der Waals surface area (Å²) < 4.78 is 7.28. The van der Waals surface area contributed by atoms with Gasteiger partial charge in [-0.1, -0.05) is 12.8 Å². The first-order chi connectivity index (χ1) is 9.74. The SMILES string of the molecule is CCO[C@@H]1C[C@H](NC(=O)Cn2cnnn2)C12CCCC2. The van der Waals surface area contributed by atoms with Crippen molar-refractivity contribution in [1.82, 2.24) is 25.5 Å². The zero-order chi connectivity index (χ0) is 14.0. The van der Waals surface area contributed by atoms with Crippen molar-refractivity contribution in [2.45, 2.75) is 57.7 Å². The normalized spacial score (nSPS) is 27.4. The largest absolute Gasteiger partial charge is 0.378 e. The molecule has 0 bridgehead atoms. The monoisotopic (exact) mass is 279 g/mol. The van der Waals surface area contributed by atoms with E-state index in [-0.39, 0.29) is 23.9 Å². The molecule has 7 heteroatoms. The number of carbonyl (C=O) groups excluding carboxylic acids is 1. The van der Waals surface area contributed by atoms with Crippen LogP contribution in [0.2, 0.25) is 0 Å². The molecule has 1 spiro atoms. The Hall–Kier alpha value is -1.50. The molecule has 3 rings (SSSR count). The number of hydrogen-bond acceptors (Lipinski definition) is 5. The fourth-order valence-corrected chi connectivity index (χ4v) is 3.73. The average molecular weight is 279 g/mol. The Labute approximate surface area is 118 Å². The number of ether oxygens (including phenoxy) is 1. The molecule has 1 aromatic rings. The molecule has 1 heterocycles. The lowest BCUT2D eigenvalue weighted by Gasteiger charge is -2.54. The number of amides is 1. The van der Waals surface area contributed by atoms with E-state index in [9.17, 15) is 4.79 Å². The molecule has 2 fully saturated rings. The molecule has 0 unspecified atom stereocenters. The van der Waals surface area contributed by atoms with Gasteiger partial charge in [-0.05, 0) is 36.6 Å².